The molecule has 124 valence electrons. The van der Waals surface area contributed by atoms with Crippen molar-refractivity contribution in [1.29, 1.82) is 0 Å². The van der Waals surface area contributed by atoms with Gasteiger partial charge in [0, 0.05) is 5.56 Å². The van der Waals surface area contributed by atoms with Crippen molar-refractivity contribution in [3.05, 3.63) is 71.6 Å². The number of nitrogens with one attached hydrogen (secondary N) is 1. The molecule has 0 fully saturated rings. The molecule has 0 atom stereocenters. The molecule has 7 heteroatoms. The average molecular weight is 343 g/mol. The highest BCUT2D eigenvalue weighted by molar-refractivity contribution is 7.88. The highest BCUT2D eigenvalue weighted by Gasteiger charge is 2.14. The molecule has 0 bridgehead atoms. The summed E-state index contributed by atoms with van der Waals surface area (Å²) in [5.74, 6) is 0.567. The van der Waals surface area contributed by atoms with E-state index >= 15 is 0 Å². The Bertz CT molecular complexity index is 904. The summed E-state index contributed by atoms with van der Waals surface area (Å²) in [6.07, 6.45) is 0. The summed E-state index contributed by atoms with van der Waals surface area (Å²) in [6.45, 7) is 1.92. The number of aromatic nitrogens is 2. The third kappa shape index (κ3) is 4.27. The average Bonchev–Trinajstić information content (AvgIpc) is 3.05. The van der Waals surface area contributed by atoms with E-state index in [1.54, 1.807) is 12.1 Å². The zero-order chi connectivity index (χ0) is 17.0. The molecule has 1 heterocycles. The molecule has 3 rings (SSSR count). The maximum absolute atomic E-state index is 12.1. The van der Waals surface area contributed by atoms with E-state index < -0.39 is 10.0 Å². The first-order valence-corrected chi connectivity index (χ1v) is 9.08. The fourth-order valence-electron chi connectivity index (χ4n) is 2.16. The molecule has 1 aromatic heterocycles. The topological polar surface area (TPSA) is 85.1 Å². The fourth-order valence-corrected chi connectivity index (χ4v) is 3.23. The predicted molar refractivity (Wildman–Crippen MR) is 90.4 cm³/mol. The SMILES string of the molecule is Cc1ccc(CS(=O)(=O)NCc2nc(-c3ccccc3)no2)cc1. The number of sulfonamides is 1. The molecule has 0 saturated heterocycles. The van der Waals surface area contributed by atoms with E-state index in [1.807, 2.05) is 49.4 Å². The summed E-state index contributed by atoms with van der Waals surface area (Å²) in [4.78, 5) is 4.20. The van der Waals surface area contributed by atoms with E-state index in [1.165, 1.54) is 0 Å². The summed E-state index contributed by atoms with van der Waals surface area (Å²) in [5.41, 5.74) is 2.63. The summed E-state index contributed by atoms with van der Waals surface area (Å²) < 4.78 is 31.8. The quantitative estimate of drug-likeness (QED) is 0.744. The zero-order valence-electron chi connectivity index (χ0n) is 13.1. The zero-order valence-corrected chi connectivity index (χ0v) is 14.0. The Morgan fingerprint density at radius 3 is 2.46 bits per heavy atom. The summed E-state index contributed by atoms with van der Waals surface area (Å²) >= 11 is 0. The van der Waals surface area contributed by atoms with E-state index in [0.717, 1.165) is 16.7 Å². The van der Waals surface area contributed by atoms with Crippen LogP contribution < -0.4 is 4.72 Å². The van der Waals surface area contributed by atoms with Crippen molar-refractivity contribution in [2.75, 3.05) is 0 Å². The van der Waals surface area contributed by atoms with E-state index in [9.17, 15) is 8.42 Å². The van der Waals surface area contributed by atoms with E-state index in [2.05, 4.69) is 14.9 Å². The summed E-state index contributed by atoms with van der Waals surface area (Å²) in [7, 11) is -3.48. The molecule has 0 saturated carbocycles. The Morgan fingerprint density at radius 1 is 1.04 bits per heavy atom. The smallest absolute Gasteiger partial charge is 0.242 e. The molecule has 0 radical (unpaired) electrons. The van der Waals surface area contributed by atoms with Crippen LogP contribution in [-0.4, -0.2) is 18.6 Å². The van der Waals surface area contributed by atoms with Gasteiger partial charge in [-0.2, -0.15) is 4.98 Å². The van der Waals surface area contributed by atoms with Gasteiger partial charge in [0.2, 0.25) is 21.7 Å². The van der Waals surface area contributed by atoms with Gasteiger partial charge in [-0.1, -0.05) is 65.3 Å². The molecule has 24 heavy (non-hydrogen) atoms. The maximum atomic E-state index is 12.1. The molecule has 0 spiro atoms. The van der Waals surface area contributed by atoms with E-state index in [-0.39, 0.29) is 18.2 Å². The second kappa shape index (κ2) is 6.94. The standard InChI is InChI=1S/C17H17N3O3S/c1-13-7-9-14(10-8-13)12-24(21,22)18-11-16-19-17(20-23-16)15-5-3-2-4-6-15/h2-10,18H,11-12H2,1H3. The van der Waals surface area contributed by atoms with Gasteiger partial charge in [-0.25, -0.2) is 13.1 Å². The predicted octanol–water partition coefficient (Wildman–Crippen LogP) is 2.66. The third-order valence-corrected chi connectivity index (χ3v) is 4.72. The molecule has 6 nitrogen and oxygen atoms in total. The Morgan fingerprint density at radius 2 is 1.75 bits per heavy atom. The minimum absolute atomic E-state index is 0.0337. The van der Waals surface area contributed by atoms with Crippen LogP contribution in [-0.2, 0) is 22.3 Å². The molecule has 0 aliphatic carbocycles. The van der Waals surface area contributed by atoms with Crippen LogP contribution in [0.4, 0.5) is 0 Å². The highest BCUT2D eigenvalue weighted by Crippen LogP contribution is 2.15. The maximum Gasteiger partial charge on any atom is 0.242 e. The number of benzene rings is 2. The van der Waals surface area contributed by atoms with Crippen LogP contribution in [0.5, 0.6) is 0 Å². The summed E-state index contributed by atoms with van der Waals surface area (Å²) in [5, 5.41) is 3.86. The normalized spacial score (nSPS) is 11.5. The van der Waals surface area contributed by atoms with Crippen LogP contribution in [0.1, 0.15) is 17.0 Å². The second-order valence-electron chi connectivity index (χ2n) is 5.44. The van der Waals surface area contributed by atoms with Crippen LogP contribution in [0.2, 0.25) is 0 Å². The van der Waals surface area contributed by atoms with Crippen molar-refractivity contribution < 1.29 is 12.9 Å². The van der Waals surface area contributed by atoms with Crippen molar-refractivity contribution in [3.63, 3.8) is 0 Å². The molecule has 1 N–H and O–H groups in total. The number of hydrogen-bond acceptors (Lipinski definition) is 5. The molecule has 0 unspecified atom stereocenters. The molecule has 0 amide bonds. The largest absolute Gasteiger partial charge is 0.338 e. The number of aryl methyl sites for hydroxylation is 1. The van der Waals surface area contributed by atoms with Crippen LogP contribution in [0.3, 0.4) is 0 Å². The van der Waals surface area contributed by atoms with E-state index in [0.29, 0.717) is 5.82 Å². The number of rotatable bonds is 6. The van der Waals surface area contributed by atoms with Crippen LogP contribution >= 0.6 is 0 Å². The van der Waals surface area contributed by atoms with Crippen molar-refractivity contribution in [2.45, 2.75) is 19.2 Å². The molecule has 3 aromatic rings. The van der Waals surface area contributed by atoms with Crippen molar-refractivity contribution in [3.8, 4) is 11.4 Å². The Labute approximate surface area is 140 Å². The Hall–Kier alpha value is -2.51. The summed E-state index contributed by atoms with van der Waals surface area (Å²) in [6, 6.07) is 16.7. The highest BCUT2D eigenvalue weighted by atomic mass is 32.2. The van der Waals surface area contributed by atoms with Crippen molar-refractivity contribution in [2.24, 2.45) is 0 Å². The van der Waals surface area contributed by atoms with Crippen LogP contribution in [0.25, 0.3) is 11.4 Å². The first-order valence-electron chi connectivity index (χ1n) is 7.43. The Balaban J connectivity index is 1.63. The number of nitrogens with zero attached hydrogens (tertiary/aromatic N) is 2. The van der Waals surface area contributed by atoms with E-state index in [4.69, 9.17) is 4.52 Å². The van der Waals surface area contributed by atoms with Gasteiger partial charge in [0.05, 0.1) is 12.3 Å². The van der Waals surface area contributed by atoms with Gasteiger partial charge in [0.1, 0.15) is 0 Å². The molecular weight excluding hydrogens is 326 g/mol. The first kappa shape index (κ1) is 16.4. The van der Waals surface area contributed by atoms with Gasteiger partial charge in [-0.3, -0.25) is 0 Å². The molecule has 0 aliphatic rings. The molecular formula is C17H17N3O3S. The van der Waals surface area contributed by atoms with Crippen LogP contribution in [0.15, 0.2) is 59.1 Å². The van der Waals surface area contributed by atoms with Crippen molar-refractivity contribution >= 4 is 10.0 Å². The van der Waals surface area contributed by atoms with Crippen molar-refractivity contribution in [1.82, 2.24) is 14.9 Å². The lowest BCUT2D eigenvalue weighted by atomic mass is 10.2. The van der Waals surface area contributed by atoms with Gasteiger partial charge >= 0.3 is 0 Å². The molecule has 0 aliphatic heterocycles. The minimum Gasteiger partial charge on any atom is -0.338 e. The third-order valence-electron chi connectivity index (χ3n) is 3.42. The lowest BCUT2D eigenvalue weighted by molar-refractivity contribution is 0.376. The monoisotopic (exact) mass is 343 g/mol. The minimum atomic E-state index is -3.48. The van der Waals surface area contributed by atoms with Gasteiger partial charge in [0.25, 0.3) is 0 Å². The van der Waals surface area contributed by atoms with Gasteiger partial charge < -0.3 is 4.52 Å². The number of hydrogen-bond donors (Lipinski definition) is 1. The Kier molecular flexibility index (Phi) is 4.73. The van der Waals surface area contributed by atoms with Gasteiger partial charge in [-0.05, 0) is 12.5 Å². The fraction of sp³-hybridized carbons (Fsp3) is 0.176. The lowest BCUT2D eigenvalue weighted by Crippen LogP contribution is -2.24. The second-order valence-corrected chi connectivity index (χ2v) is 7.25. The van der Waals surface area contributed by atoms with Gasteiger partial charge in [0.15, 0.2) is 0 Å². The van der Waals surface area contributed by atoms with Gasteiger partial charge in [-0.15, -0.1) is 0 Å². The molecule has 2 aromatic carbocycles. The lowest BCUT2D eigenvalue weighted by Gasteiger charge is -2.05. The first-order chi connectivity index (χ1) is 11.5. The van der Waals surface area contributed by atoms with Crippen LogP contribution in [0, 0.1) is 6.92 Å².